The maximum absolute atomic E-state index is 8.68. The molecule has 0 radical (unpaired) electrons. The van der Waals surface area contributed by atoms with Crippen LogP contribution in [0.4, 0.5) is 5.69 Å². The number of pyridine rings is 1. The third kappa shape index (κ3) is 4.75. The Hall–Kier alpha value is -1.82. The fourth-order valence-electron chi connectivity index (χ4n) is 1.85. The number of nitrogens with zero attached hydrogens (tertiary/aromatic N) is 4. The molecule has 0 aromatic carbocycles. The monoisotopic (exact) mass is 265 g/mol. The molecule has 0 saturated heterocycles. The summed E-state index contributed by atoms with van der Waals surface area (Å²) in [5.41, 5.74) is 7.09. The number of anilines is 1. The van der Waals surface area contributed by atoms with E-state index < -0.39 is 0 Å². The molecule has 0 bridgehead atoms. The van der Waals surface area contributed by atoms with E-state index in [1.807, 2.05) is 12.1 Å². The average Bonchev–Trinajstić information content (AvgIpc) is 2.42. The topological polar surface area (TPSA) is 78.0 Å². The van der Waals surface area contributed by atoms with Gasteiger partial charge >= 0.3 is 0 Å². The second-order valence-corrected chi connectivity index (χ2v) is 4.62. The van der Waals surface area contributed by atoms with Crippen LogP contribution in [-0.4, -0.2) is 54.7 Å². The van der Waals surface area contributed by atoms with Gasteiger partial charge in [-0.1, -0.05) is 5.16 Å². The van der Waals surface area contributed by atoms with Crippen molar-refractivity contribution >= 4 is 11.5 Å². The molecule has 19 heavy (non-hydrogen) atoms. The van der Waals surface area contributed by atoms with Crippen LogP contribution in [0.3, 0.4) is 0 Å². The molecule has 106 valence electrons. The summed E-state index contributed by atoms with van der Waals surface area (Å²) in [4.78, 5) is 8.50. The van der Waals surface area contributed by atoms with Gasteiger partial charge in [0.05, 0.1) is 0 Å². The van der Waals surface area contributed by atoms with Crippen LogP contribution in [0, 0.1) is 0 Å². The molecule has 0 unspecified atom stereocenters. The summed E-state index contributed by atoms with van der Waals surface area (Å²) < 4.78 is 0. The van der Waals surface area contributed by atoms with Gasteiger partial charge in [0.25, 0.3) is 0 Å². The van der Waals surface area contributed by atoms with Crippen molar-refractivity contribution in [2.75, 3.05) is 38.6 Å². The third-order valence-corrected chi connectivity index (χ3v) is 2.89. The highest BCUT2D eigenvalue weighted by Crippen LogP contribution is 2.14. The van der Waals surface area contributed by atoms with Crippen molar-refractivity contribution in [2.24, 2.45) is 10.9 Å². The van der Waals surface area contributed by atoms with Crippen molar-refractivity contribution in [3.05, 3.63) is 24.0 Å². The standard InChI is InChI=1S/C13H23N5O/c1-4-18(9-5-8-17(2)3)11-6-7-15-12(10-11)13(14)16-19/h6-7,10,19H,4-5,8-9H2,1-3H3,(H2,14,16). The number of nitrogens with two attached hydrogens (primary N) is 1. The maximum Gasteiger partial charge on any atom is 0.188 e. The highest BCUT2D eigenvalue weighted by molar-refractivity contribution is 5.95. The molecule has 0 saturated carbocycles. The van der Waals surface area contributed by atoms with Gasteiger partial charge in [-0.25, -0.2) is 0 Å². The molecule has 0 aliphatic carbocycles. The molecule has 0 aliphatic rings. The highest BCUT2D eigenvalue weighted by atomic mass is 16.4. The summed E-state index contributed by atoms with van der Waals surface area (Å²) in [6.07, 6.45) is 2.76. The minimum atomic E-state index is 0.0335. The van der Waals surface area contributed by atoms with Gasteiger partial charge < -0.3 is 20.7 Å². The Morgan fingerprint density at radius 1 is 1.42 bits per heavy atom. The minimum Gasteiger partial charge on any atom is -0.409 e. The van der Waals surface area contributed by atoms with E-state index in [2.05, 4.69) is 41.0 Å². The summed E-state index contributed by atoms with van der Waals surface area (Å²) in [6.45, 7) is 5.04. The van der Waals surface area contributed by atoms with Gasteiger partial charge in [-0.2, -0.15) is 0 Å². The Morgan fingerprint density at radius 2 is 2.16 bits per heavy atom. The Bertz CT molecular complexity index is 419. The lowest BCUT2D eigenvalue weighted by atomic mass is 10.2. The highest BCUT2D eigenvalue weighted by Gasteiger charge is 2.08. The second-order valence-electron chi connectivity index (χ2n) is 4.62. The van der Waals surface area contributed by atoms with Crippen molar-refractivity contribution in [3.63, 3.8) is 0 Å². The van der Waals surface area contributed by atoms with Gasteiger partial charge in [-0.3, -0.25) is 4.98 Å². The van der Waals surface area contributed by atoms with Gasteiger partial charge in [0.2, 0.25) is 0 Å². The summed E-state index contributed by atoms with van der Waals surface area (Å²) in [5, 5.41) is 11.7. The van der Waals surface area contributed by atoms with E-state index in [4.69, 9.17) is 10.9 Å². The van der Waals surface area contributed by atoms with Gasteiger partial charge in [0, 0.05) is 25.0 Å². The zero-order valence-corrected chi connectivity index (χ0v) is 11.9. The summed E-state index contributed by atoms with van der Waals surface area (Å²) in [6, 6.07) is 3.78. The lowest BCUT2D eigenvalue weighted by Crippen LogP contribution is -2.27. The normalized spacial score (nSPS) is 11.9. The maximum atomic E-state index is 8.68. The first-order valence-electron chi connectivity index (χ1n) is 6.42. The zero-order chi connectivity index (χ0) is 14.3. The molecular formula is C13H23N5O. The van der Waals surface area contributed by atoms with Crippen molar-refractivity contribution in [2.45, 2.75) is 13.3 Å². The van der Waals surface area contributed by atoms with E-state index >= 15 is 0 Å². The first-order valence-corrected chi connectivity index (χ1v) is 6.42. The number of hydrogen-bond acceptors (Lipinski definition) is 5. The molecule has 0 fully saturated rings. The summed E-state index contributed by atoms with van der Waals surface area (Å²) in [5.74, 6) is 0.0335. The Labute approximate surface area is 114 Å². The Kier molecular flexibility index (Phi) is 6.08. The summed E-state index contributed by atoms with van der Waals surface area (Å²) in [7, 11) is 4.14. The second kappa shape index (κ2) is 7.58. The largest absolute Gasteiger partial charge is 0.409 e. The van der Waals surface area contributed by atoms with Crippen LogP contribution in [0.5, 0.6) is 0 Å². The molecule has 0 aliphatic heterocycles. The van der Waals surface area contributed by atoms with Gasteiger partial charge in [-0.15, -0.1) is 0 Å². The van der Waals surface area contributed by atoms with E-state index in [9.17, 15) is 0 Å². The lowest BCUT2D eigenvalue weighted by Gasteiger charge is -2.24. The van der Waals surface area contributed by atoms with Crippen LogP contribution in [0.1, 0.15) is 19.0 Å². The molecule has 0 spiro atoms. The molecule has 1 aromatic rings. The average molecular weight is 265 g/mol. The lowest BCUT2D eigenvalue weighted by molar-refractivity contribution is 0.318. The van der Waals surface area contributed by atoms with Crippen LogP contribution >= 0.6 is 0 Å². The van der Waals surface area contributed by atoms with Crippen LogP contribution in [0.2, 0.25) is 0 Å². The molecule has 1 heterocycles. The van der Waals surface area contributed by atoms with E-state index in [1.54, 1.807) is 6.20 Å². The molecular weight excluding hydrogens is 242 g/mol. The zero-order valence-electron chi connectivity index (χ0n) is 11.9. The number of oxime groups is 1. The molecule has 0 amide bonds. The first-order chi connectivity index (χ1) is 9.08. The Balaban J connectivity index is 2.75. The Morgan fingerprint density at radius 3 is 2.74 bits per heavy atom. The van der Waals surface area contributed by atoms with Crippen LogP contribution in [0.25, 0.3) is 0 Å². The fourth-order valence-corrected chi connectivity index (χ4v) is 1.85. The predicted molar refractivity (Wildman–Crippen MR) is 77.8 cm³/mol. The van der Waals surface area contributed by atoms with E-state index in [0.717, 1.165) is 31.7 Å². The van der Waals surface area contributed by atoms with Crippen molar-refractivity contribution in [1.29, 1.82) is 0 Å². The molecule has 1 aromatic heterocycles. The predicted octanol–water partition coefficient (Wildman–Crippen LogP) is 0.954. The SMILES string of the molecule is CCN(CCCN(C)C)c1ccnc(/C(N)=N/O)c1. The minimum absolute atomic E-state index is 0.0335. The third-order valence-electron chi connectivity index (χ3n) is 2.89. The number of hydrogen-bond donors (Lipinski definition) is 2. The smallest absolute Gasteiger partial charge is 0.188 e. The molecule has 6 heteroatoms. The van der Waals surface area contributed by atoms with Gasteiger partial charge in [0.1, 0.15) is 5.69 Å². The van der Waals surface area contributed by atoms with E-state index in [0.29, 0.717) is 5.69 Å². The fraction of sp³-hybridized carbons (Fsp3) is 0.538. The van der Waals surface area contributed by atoms with Crippen molar-refractivity contribution in [1.82, 2.24) is 9.88 Å². The van der Waals surface area contributed by atoms with Crippen molar-refractivity contribution < 1.29 is 5.21 Å². The molecule has 6 nitrogen and oxygen atoms in total. The van der Waals surface area contributed by atoms with Crippen LogP contribution in [-0.2, 0) is 0 Å². The van der Waals surface area contributed by atoms with Crippen LogP contribution < -0.4 is 10.6 Å². The quantitative estimate of drug-likeness (QED) is 0.332. The molecule has 3 N–H and O–H groups in total. The van der Waals surface area contributed by atoms with Gasteiger partial charge in [-0.05, 0) is 46.1 Å². The number of amidine groups is 1. The van der Waals surface area contributed by atoms with Crippen molar-refractivity contribution in [3.8, 4) is 0 Å². The van der Waals surface area contributed by atoms with Gasteiger partial charge in [0.15, 0.2) is 5.84 Å². The van der Waals surface area contributed by atoms with E-state index in [1.165, 1.54) is 0 Å². The molecule has 1 rings (SSSR count). The summed E-state index contributed by atoms with van der Waals surface area (Å²) >= 11 is 0. The first kappa shape index (κ1) is 15.2. The van der Waals surface area contributed by atoms with Crippen LogP contribution in [0.15, 0.2) is 23.5 Å². The molecule has 0 atom stereocenters. The van der Waals surface area contributed by atoms with E-state index in [-0.39, 0.29) is 5.84 Å². The number of aromatic nitrogens is 1. The number of rotatable bonds is 7.